The highest BCUT2D eigenvalue weighted by Gasteiger charge is 2.23. The van der Waals surface area contributed by atoms with Gasteiger partial charge in [0.05, 0.1) is 6.04 Å². The Bertz CT molecular complexity index is 1070. The number of nitrogens with one attached hydrogen (secondary N) is 1. The highest BCUT2D eigenvalue weighted by atomic mass is 16.5. The second-order valence-electron chi connectivity index (χ2n) is 8.36. The summed E-state index contributed by atoms with van der Waals surface area (Å²) in [6, 6.07) is 18.9. The molecule has 6 heteroatoms. The Morgan fingerprint density at radius 2 is 1.91 bits per heavy atom. The number of aromatic nitrogens is 1. The van der Waals surface area contributed by atoms with Crippen molar-refractivity contribution in [1.29, 1.82) is 5.26 Å². The van der Waals surface area contributed by atoms with E-state index in [0.717, 1.165) is 24.4 Å². The predicted octanol–water partition coefficient (Wildman–Crippen LogP) is 5.38. The maximum absolute atomic E-state index is 9.56. The molecule has 4 rings (SSSR count). The van der Waals surface area contributed by atoms with E-state index in [2.05, 4.69) is 58.5 Å². The van der Waals surface area contributed by atoms with Crippen LogP contribution in [-0.2, 0) is 6.61 Å². The summed E-state index contributed by atoms with van der Waals surface area (Å²) >= 11 is 0. The van der Waals surface area contributed by atoms with Crippen molar-refractivity contribution < 1.29 is 9.15 Å². The Morgan fingerprint density at radius 1 is 1.12 bits per heavy atom. The molecule has 1 aliphatic heterocycles. The molecule has 0 spiro atoms. The minimum absolute atomic E-state index is 0.175. The predicted molar refractivity (Wildman–Crippen MR) is 125 cm³/mol. The first-order valence-corrected chi connectivity index (χ1v) is 11.3. The molecule has 0 radical (unpaired) electrons. The lowest BCUT2D eigenvalue weighted by atomic mass is 10.0. The van der Waals surface area contributed by atoms with E-state index in [1.54, 1.807) is 0 Å². The lowest BCUT2D eigenvalue weighted by Gasteiger charge is -2.35. The first-order chi connectivity index (χ1) is 15.6. The summed E-state index contributed by atoms with van der Waals surface area (Å²) in [7, 11) is 0. The van der Waals surface area contributed by atoms with Crippen LogP contribution < -0.4 is 10.1 Å². The molecule has 1 fully saturated rings. The normalized spacial score (nSPS) is 15.2. The number of piperidine rings is 1. The Balaban J connectivity index is 1.45. The van der Waals surface area contributed by atoms with Crippen LogP contribution in [0.15, 0.2) is 52.9 Å². The van der Waals surface area contributed by atoms with Crippen molar-refractivity contribution in [2.45, 2.75) is 45.8 Å². The SMILES string of the molecule is Cc1ccc(OCc2nc(C#N)c(NC[C@H](c3ccccc3)N3CCCCC3)o2)c(C)c1. The van der Waals surface area contributed by atoms with Gasteiger partial charge in [0.1, 0.15) is 11.8 Å². The number of hydrogen-bond donors (Lipinski definition) is 1. The van der Waals surface area contributed by atoms with Crippen molar-refractivity contribution >= 4 is 5.88 Å². The number of anilines is 1. The van der Waals surface area contributed by atoms with E-state index >= 15 is 0 Å². The molecule has 0 aliphatic carbocycles. The molecule has 2 heterocycles. The molecule has 0 unspecified atom stereocenters. The van der Waals surface area contributed by atoms with Gasteiger partial charge in [0, 0.05) is 6.54 Å². The van der Waals surface area contributed by atoms with Crippen LogP contribution in [0.3, 0.4) is 0 Å². The highest BCUT2D eigenvalue weighted by Crippen LogP contribution is 2.27. The molecular weight excluding hydrogens is 400 g/mol. The number of aryl methyl sites for hydroxylation is 2. The molecule has 1 aliphatic rings. The van der Waals surface area contributed by atoms with Crippen LogP contribution in [0, 0.1) is 25.2 Å². The number of ether oxygens (including phenoxy) is 1. The Morgan fingerprint density at radius 3 is 2.62 bits per heavy atom. The zero-order valence-electron chi connectivity index (χ0n) is 18.8. The summed E-state index contributed by atoms with van der Waals surface area (Å²) in [4.78, 5) is 6.84. The van der Waals surface area contributed by atoms with Gasteiger partial charge in [0.2, 0.25) is 17.5 Å². The summed E-state index contributed by atoms with van der Waals surface area (Å²) in [5, 5.41) is 12.9. The van der Waals surface area contributed by atoms with Crippen LogP contribution in [-0.4, -0.2) is 29.5 Å². The number of nitriles is 1. The molecule has 3 aromatic rings. The van der Waals surface area contributed by atoms with Gasteiger partial charge in [0.25, 0.3) is 0 Å². The van der Waals surface area contributed by atoms with Gasteiger partial charge >= 0.3 is 0 Å². The van der Waals surface area contributed by atoms with E-state index in [-0.39, 0.29) is 18.3 Å². The van der Waals surface area contributed by atoms with E-state index in [4.69, 9.17) is 9.15 Å². The van der Waals surface area contributed by atoms with Gasteiger partial charge in [-0.3, -0.25) is 4.90 Å². The van der Waals surface area contributed by atoms with Crippen LogP contribution in [0.2, 0.25) is 0 Å². The van der Waals surface area contributed by atoms with Crippen LogP contribution in [0.25, 0.3) is 0 Å². The van der Waals surface area contributed by atoms with Crippen molar-refractivity contribution in [3.05, 3.63) is 76.8 Å². The number of rotatable bonds is 8. The average molecular weight is 431 g/mol. The van der Waals surface area contributed by atoms with Crippen molar-refractivity contribution in [2.75, 3.05) is 25.0 Å². The van der Waals surface area contributed by atoms with Gasteiger partial charge < -0.3 is 14.5 Å². The van der Waals surface area contributed by atoms with E-state index in [1.807, 2.05) is 25.1 Å². The molecule has 166 valence electrons. The van der Waals surface area contributed by atoms with Gasteiger partial charge in [-0.2, -0.15) is 10.2 Å². The summed E-state index contributed by atoms with van der Waals surface area (Å²) in [5.41, 5.74) is 3.77. The van der Waals surface area contributed by atoms with Crippen molar-refractivity contribution in [3.8, 4) is 11.8 Å². The fourth-order valence-electron chi connectivity index (χ4n) is 4.27. The van der Waals surface area contributed by atoms with Crippen LogP contribution >= 0.6 is 0 Å². The van der Waals surface area contributed by atoms with Gasteiger partial charge in [-0.05, 0) is 57.0 Å². The maximum atomic E-state index is 9.56. The number of hydrogen-bond acceptors (Lipinski definition) is 6. The Hall–Kier alpha value is -3.30. The smallest absolute Gasteiger partial charge is 0.236 e. The van der Waals surface area contributed by atoms with Gasteiger partial charge in [0.15, 0.2) is 6.61 Å². The minimum Gasteiger partial charge on any atom is -0.484 e. The van der Waals surface area contributed by atoms with E-state index < -0.39 is 0 Å². The molecule has 6 nitrogen and oxygen atoms in total. The van der Waals surface area contributed by atoms with Crippen LogP contribution in [0.5, 0.6) is 5.75 Å². The molecule has 2 aromatic carbocycles. The molecule has 0 saturated carbocycles. The summed E-state index contributed by atoms with van der Waals surface area (Å²) < 4.78 is 11.8. The molecule has 1 atom stereocenters. The third-order valence-electron chi connectivity index (χ3n) is 5.93. The van der Waals surface area contributed by atoms with Crippen molar-refractivity contribution in [2.24, 2.45) is 0 Å². The van der Waals surface area contributed by atoms with Crippen LogP contribution in [0.1, 0.15) is 53.6 Å². The second-order valence-corrected chi connectivity index (χ2v) is 8.36. The minimum atomic E-state index is 0.175. The Kier molecular flexibility index (Phi) is 7.08. The van der Waals surface area contributed by atoms with E-state index in [0.29, 0.717) is 18.3 Å². The van der Waals surface area contributed by atoms with Crippen molar-refractivity contribution in [3.63, 3.8) is 0 Å². The largest absolute Gasteiger partial charge is 0.484 e. The fraction of sp³-hybridized carbons (Fsp3) is 0.385. The number of benzene rings is 2. The lowest BCUT2D eigenvalue weighted by Crippen LogP contribution is -2.37. The quantitative estimate of drug-likeness (QED) is 0.517. The fourth-order valence-corrected chi connectivity index (χ4v) is 4.27. The lowest BCUT2D eigenvalue weighted by molar-refractivity contribution is 0.170. The molecule has 1 saturated heterocycles. The summed E-state index contributed by atoms with van der Waals surface area (Å²) in [5.74, 6) is 1.58. The number of nitrogens with zero attached hydrogens (tertiary/aromatic N) is 3. The maximum Gasteiger partial charge on any atom is 0.236 e. The standard InChI is InChI=1S/C26H30N4O2/c1-19-11-12-24(20(2)15-19)31-18-25-29-22(16-27)26(32-25)28-17-23(21-9-5-3-6-10-21)30-13-7-4-8-14-30/h3,5-6,9-12,15,23,28H,4,7-8,13-14,17-18H2,1-2H3/t23-/m1/s1. The molecule has 1 aromatic heterocycles. The molecule has 1 N–H and O–H groups in total. The van der Waals surface area contributed by atoms with Gasteiger partial charge in [-0.25, -0.2) is 0 Å². The topological polar surface area (TPSA) is 74.3 Å². The monoisotopic (exact) mass is 430 g/mol. The molecule has 0 bridgehead atoms. The van der Waals surface area contributed by atoms with Gasteiger partial charge in [-0.15, -0.1) is 0 Å². The highest BCUT2D eigenvalue weighted by molar-refractivity contribution is 5.46. The third-order valence-corrected chi connectivity index (χ3v) is 5.93. The van der Waals surface area contributed by atoms with Crippen LogP contribution in [0.4, 0.5) is 5.88 Å². The molecule has 0 amide bonds. The van der Waals surface area contributed by atoms with E-state index in [1.165, 1.54) is 30.4 Å². The Labute approximate surface area is 189 Å². The zero-order valence-corrected chi connectivity index (χ0v) is 18.8. The number of likely N-dealkylation sites (tertiary alicyclic amines) is 1. The zero-order chi connectivity index (χ0) is 22.3. The first kappa shape index (κ1) is 21.9. The summed E-state index contributed by atoms with van der Waals surface area (Å²) in [6.07, 6.45) is 3.72. The third kappa shape index (κ3) is 5.30. The molecule has 32 heavy (non-hydrogen) atoms. The summed E-state index contributed by atoms with van der Waals surface area (Å²) in [6.45, 7) is 7.04. The van der Waals surface area contributed by atoms with E-state index in [9.17, 15) is 5.26 Å². The molecular formula is C26H30N4O2. The van der Waals surface area contributed by atoms with Gasteiger partial charge in [-0.1, -0.05) is 54.4 Å². The first-order valence-electron chi connectivity index (χ1n) is 11.3. The number of oxazole rings is 1. The van der Waals surface area contributed by atoms with Crippen molar-refractivity contribution in [1.82, 2.24) is 9.88 Å². The second kappa shape index (κ2) is 10.3. The average Bonchev–Trinajstić information content (AvgIpc) is 3.22.